The summed E-state index contributed by atoms with van der Waals surface area (Å²) < 4.78 is 0. The summed E-state index contributed by atoms with van der Waals surface area (Å²) in [6, 6.07) is 23.6. The van der Waals surface area contributed by atoms with Gasteiger partial charge in [0.2, 0.25) is 0 Å². The summed E-state index contributed by atoms with van der Waals surface area (Å²) >= 11 is 0. The van der Waals surface area contributed by atoms with E-state index in [9.17, 15) is 5.11 Å². The number of aromatic hydroxyl groups is 1. The second-order valence-corrected chi connectivity index (χ2v) is 6.17. The molecule has 122 valence electrons. The number of rotatable bonds is 2. The predicted octanol–water partition coefficient (Wildman–Crippen LogP) is 5.35. The third kappa shape index (κ3) is 3.09. The molecule has 0 amide bonds. The molecule has 3 nitrogen and oxygen atoms in total. The van der Waals surface area contributed by atoms with Crippen molar-refractivity contribution < 1.29 is 5.11 Å². The normalized spacial score (nSPS) is 13.5. The van der Waals surface area contributed by atoms with E-state index in [1.807, 2.05) is 61.5 Å². The number of para-hydroxylation sites is 2. The Morgan fingerprint density at radius 2 is 1.40 bits per heavy atom. The van der Waals surface area contributed by atoms with Gasteiger partial charge in [0.25, 0.3) is 0 Å². The van der Waals surface area contributed by atoms with Crippen LogP contribution in [0.15, 0.2) is 82.8 Å². The van der Waals surface area contributed by atoms with E-state index in [2.05, 4.69) is 12.1 Å². The highest BCUT2D eigenvalue weighted by Gasteiger charge is 2.18. The van der Waals surface area contributed by atoms with Crippen LogP contribution in [0.3, 0.4) is 0 Å². The van der Waals surface area contributed by atoms with Gasteiger partial charge in [0, 0.05) is 12.0 Å². The molecular weight excluding hydrogens is 308 g/mol. The Kier molecular flexibility index (Phi) is 3.90. The van der Waals surface area contributed by atoms with Crippen LogP contribution < -0.4 is 0 Å². The maximum absolute atomic E-state index is 10.4. The van der Waals surface area contributed by atoms with E-state index in [-0.39, 0.29) is 5.75 Å². The summed E-state index contributed by atoms with van der Waals surface area (Å²) in [6.07, 6.45) is 0.565. The number of fused-ring (bicyclic) bond motifs is 1. The number of phenolic OH excluding ortho intramolecular Hbond substituents is 1. The van der Waals surface area contributed by atoms with Gasteiger partial charge in [0.05, 0.1) is 22.8 Å². The molecule has 1 aliphatic rings. The Morgan fingerprint density at radius 3 is 2.12 bits per heavy atom. The Labute approximate surface area is 147 Å². The lowest BCUT2D eigenvalue weighted by molar-refractivity contribution is 0.474. The first-order valence-electron chi connectivity index (χ1n) is 8.30. The maximum atomic E-state index is 10.4. The van der Waals surface area contributed by atoms with Gasteiger partial charge in [-0.3, -0.25) is 9.98 Å². The van der Waals surface area contributed by atoms with Crippen molar-refractivity contribution in [3.05, 3.63) is 89.5 Å². The topological polar surface area (TPSA) is 45.0 Å². The number of hydrogen-bond acceptors (Lipinski definition) is 3. The van der Waals surface area contributed by atoms with Crippen molar-refractivity contribution in [2.75, 3.05) is 0 Å². The number of aliphatic imine (C=N–C) groups is 2. The molecular formula is C22H18N2O. The highest BCUT2D eigenvalue weighted by molar-refractivity contribution is 6.21. The monoisotopic (exact) mass is 326 g/mol. The molecule has 3 aromatic rings. The summed E-state index contributed by atoms with van der Waals surface area (Å²) in [5, 5.41) is 10.4. The molecule has 0 atom stereocenters. The highest BCUT2D eigenvalue weighted by atomic mass is 16.3. The van der Waals surface area contributed by atoms with Crippen molar-refractivity contribution in [3.63, 3.8) is 0 Å². The molecule has 0 saturated heterocycles. The fourth-order valence-corrected chi connectivity index (χ4v) is 3.02. The van der Waals surface area contributed by atoms with Gasteiger partial charge >= 0.3 is 0 Å². The second-order valence-electron chi connectivity index (χ2n) is 6.17. The van der Waals surface area contributed by atoms with E-state index in [1.54, 1.807) is 6.07 Å². The van der Waals surface area contributed by atoms with Gasteiger partial charge in [-0.25, -0.2) is 0 Å². The van der Waals surface area contributed by atoms with Crippen molar-refractivity contribution in [1.29, 1.82) is 0 Å². The lowest BCUT2D eigenvalue weighted by Crippen LogP contribution is -2.10. The molecule has 1 N–H and O–H groups in total. The molecule has 0 unspecified atom stereocenters. The van der Waals surface area contributed by atoms with Crippen LogP contribution in [0.4, 0.5) is 11.4 Å². The molecule has 0 spiro atoms. The number of nitrogens with zero attached hydrogens (tertiary/aromatic N) is 2. The molecule has 25 heavy (non-hydrogen) atoms. The smallest absolute Gasteiger partial charge is 0.124 e. The summed E-state index contributed by atoms with van der Waals surface area (Å²) in [6.45, 7) is 2.01. The van der Waals surface area contributed by atoms with E-state index >= 15 is 0 Å². The Balaban J connectivity index is 1.90. The van der Waals surface area contributed by atoms with Gasteiger partial charge in [-0.1, -0.05) is 54.1 Å². The standard InChI is InChI=1S/C22H18N2O/c1-15-11-12-22(25)17(13-15)21-14-20(16-7-3-2-4-8-16)23-18-9-5-6-10-19(18)24-21/h2-13,25H,14H2,1H3. The van der Waals surface area contributed by atoms with E-state index in [0.717, 1.165) is 39.5 Å². The van der Waals surface area contributed by atoms with Crippen LogP contribution in [0, 0.1) is 6.92 Å². The molecule has 3 aromatic carbocycles. The fourth-order valence-electron chi connectivity index (χ4n) is 3.02. The Morgan fingerprint density at radius 1 is 0.760 bits per heavy atom. The van der Waals surface area contributed by atoms with Crippen molar-refractivity contribution in [2.45, 2.75) is 13.3 Å². The van der Waals surface area contributed by atoms with Gasteiger partial charge in [-0.15, -0.1) is 0 Å². The zero-order chi connectivity index (χ0) is 17.2. The molecule has 4 rings (SSSR count). The molecule has 0 radical (unpaired) electrons. The lowest BCUT2D eigenvalue weighted by atomic mass is 9.98. The van der Waals surface area contributed by atoms with Crippen LogP contribution in [0.2, 0.25) is 0 Å². The quantitative estimate of drug-likeness (QED) is 0.678. The van der Waals surface area contributed by atoms with Gasteiger partial charge in [0.1, 0.15) is 5.75 Å². The van der Waals surface area contributed by atoms with Gasteiger partial charge in [0.15, 0.2) is 0 Å². The van der Waals surface area contributed by atoms with Crippen LogP contribution in [0.25, 0.3) is 0 Å². The molecule has 0 aromatic heterocycles. The van der Waals surface area contributed by atoms with Gasteiger partial charge in [-0.2, -0.15) is 0 Å². The van der Waals surface area contributed by atoms with Crippen molar-refractivity contribution in [1.82, 2.24) is 0 Å². The van der Waals surface area contributed by atoms with Crippen LogP contribution in [-0.2, 0) is 0 Å². The first kappa shape index (κ1) is 15.3. The SMILES string of the molecule is Cc1ccc(O)c(C2=Nc3ccccc3N=C(c3ccccc3)C2)c1. The number of phenols is 1. The Bertz CT molecular complexity index is 988. The fraction of sp³-hybridized carbons (Fsp3) is 0.0909. The van der Waals surface area contributed by atoms with Crippen LogP contribution >= 0.6 is 0 Å². The summed E-state index contributed by atoms with van der Waals surface area (Å²) in [4.78, 5) is 9.69. The van der Waals surface area contributed by atoms with Crippen molar-refractivity contribution >= 4 is 22.8 Å². The largest absolute Gasteiger partial charge is 0.507 e. The first-order valence-corrected chi connectivity index (χ1v) is 8.30. The minimum Gasteiger partial charge on any atom is -0.507 e. The predicted molar refractivity (Wildman–Crippen MR) is 103 cm³/mol. The summed E-state index contributed by atoms with van der Waals surface area (Å²) in [7, 11) is 0. The first-order chi connectivity index (χ1) is 12.2. The van der Waals surface area contributed by atoms with Crippen LogP contribution in [0.5, 0.6) is 5.75 Å². The molecule has 0 bridgehead atoms. The third-order valence-electron chi connectivity index (χ3n) is 4.30. The minimum atomic E-state index is 0.246. The average Bonchev–Trinajstić information content (AvgIpc) is 2.84. The van der Waals surface area contributed by atoms with Crippen LogP contribution in [-0.4, -0.2) is 16.5 Å². The molecule has 0 fully saturated rings. The molecule has 0 aliphatic carbocycles. The average molecular weight is 326 g/mol. The zero-order valence-electron chi connectivity index (χ0n) is 14.0. The van der Waals surface area contributed by atoms with E-state index < -0.39 is 0 Å². The second kappa shape index (κ2) is 6.36. The molecule has 0 saturated carbocycles. The lowest BCUT2D eigenvalue weighted by Gasteiger charge is -2.10. The Hall–Kier alpha value is -3.20. The summed E-state index contributed by atoms with van der Waals surface area (Å²) in [5.41, 5.74) is 6.37. The van der Waals surface area contributed by atoms with E-state index in [1.165, 1.54) is 0 Å². The van der Waals surface area contributed by atoms with Gasteiger partial charge in [-0.05, 0) is 36.8 Å². The molecule has 1 heterocycles. The zero-order valence-corrected chi connectivity index (χ0v) is 14.0. The summed E-state index contributed by atoms with van der Waals surface area (Å²) in [5.74, 6) is 0.246. The molecule has 3 heteroatoms. The number of benzene rings is 3. The van der Waals surface area contributed by atoms with Gasteiger partial charge < -0.3 is 5.11 Å². The maximum Gasteiger partial charge on any atom is 0.124 e. The van der Waals surface area contributed by atoms with E-state index in [0.29, 0.717) is 6.42 Å². The highest BCUT2D eigenvalue weighted by Crippen LogP contribution is 2.34. The number of aryl methyl sites for hydroxylation is 1. The molecule has 1 aliphatic heterocycles. The number of hydrogen-bond donors (Lipinski definition) is 1. The van der Waals surface area contributed by atoms with Crippen molar-refractivity contribution in [3.8, 4) is 5.75 Å². The van der Waals surface area contributed by atoms with Crippen molar-refractivity contribution in [2.24, 2.45) is 9.98 Å². The van der Waals surface area contributed by atoms with Crippen LogP contribution in [0.1, 0.15) is 23.1 Å². The van der Waals surface area contributed by atoms with E-state index in [4.69, 9.17) is 9.98 Å². The minimum absolute atomic E-state index is 0.246. The third-order valence-corrected chi connectivity index (χ3v) is 4.30.